The van der Waals surface area contributed by atoms with E-state index in [4.69, 9.17) is 18.0 Å². The minimum absolute atomic E-state index is 0.142. The van der Waals surface area contributed by atoms with Crippen molar-refractivity contribution in [1.82, 2.24) is 4.90 Å². The van der Waals surface area contributed by atoms with E-state index in [-0.39, 0.29) is 12.5 Å². The molecular formula is C15H26N2O2S. The van der Waals surface area contributed by atoms with E-state index in [1.807, 2.05) is 4.90 Å². The highest BCUT2D eigenvalue weighted by atomic mass is 32.1. The molecule has 0 aromatic heterocycles. The fourth-order valence-electron chi connectivity index (χ4n) is 3.52. The van der Waals surface area contributed by atoms with Crippen LogP contribution in [0.15, 0.2) is 0 Å². The monoisotopic (exact) mass is 298 g/mol. The molecule has 0 unspecified atom stereocenters. The average Bonchev–Trinajstić information content (AvgIpc) is 2.73. The summed E-state index contributed by atoms with van der Waals surface area (Å²) in [5, 5.41) is 9.20. The fourth-order valence-corrected chi connectivity index (χ4v) is 3.81. The molecule has 2 aliphatic rings. The molecule has 4 nitrogen and oxygen atoms in total. The van der Waals surface area contributed by atoms with Gasteiger partial charge in [0.1, 0.15) is 0 Å². The van der Waals surface area contributed by atoms with E-state index in [0.29, 0.717) is 10.9 Å². The van der Waals surface area contributed by atoms with E-state index in [1.54, 1.807) is 0 Å². The molecule has 1 amide bonds. The molecular weight excluding hydrogens is 272 g/mol. The maximum atomic E-state index is 13.0. The third-order valence-corrected chi connectivity index (χ3v) is 5.39. The molecule has 1 saturated heterocycles. The van der Waals surface area contributed by atoms with Crippen molar-refractivity contribution in [3.63, 3.8) is 0 Å². The summed E-state index contributed by atoms with van der Waals surface area (Å²) >= 11 is 5.27. The van der Waals surface area contributed by atoms with Crippen LogP contribution >= 0.6 is 12.2 Å². The summed E-state index contributed by atoms with van der Waals surface area (Å²) in [6, 6.07) is 0. The van der Waals surface area contributed by atoms with Crippen LogP contribution in [-0.2, 0) is 4.79 Å². The number of nitrogens with two attached hydrogens (primary N) is 1. The number of thiocarbonyl (C=S) groups is 1. The summed E-state index contributed by atoms with van der Waals surface area (Å²) in [4.78, 5) is 15.3. The average molecular weight is 298 g/mol. The molecule has 5 heteroatoms. The van der Waals surface area contributed by atoms with Gasteiger partial charge in [-0.1, -0.05) is 37.9 Å². The van der Waals surface area contributed by atoms with Crippen LogP contribution in [0.3, 0.4) is 0 Å². The van der Waals surface area contributed by atoms with Gasteiger partial charge in [-0.3, -0.25) is 4.79 Å². The summed E-state index contributed by atoms with van der Waals surface area (Å²) in [5.74, 6) is 0.484. The second kappa shape index (κ2) is 6.85. The molecule has 1 aliphatic carbocycles. The van der Waals surface area contributed by atoms with Gasteiger partial charge in [-0.05, 0) is 31.6 Å². The molecule has 2 rings (SSSR count). The van der Waals surface area contributed by atoms with E-state index in [1.165, 1.54) is 12.8 Å². The number of amides is 1. The first-order valence-electron chi connectivity index (χ1n) is 7.80. The molecule has 0 bridgehead atoms. The van der Waals surface area contributed by atoms with Gasteiger partial charge in [0, 0.05) is 19.7 Å². The number of hydrogen-bond acceptors (Lipinski definition) is 3. The van der Waals surface area contributed by atoms with Gasteiger partial charge >= 0.3 is 0 Å². The highest BCUT2D eigenvalue weighted by molar-refractivity contribution is 7.80. The molecule has 3 N–H and O–H groups in total. The van der Waals surface area contributed by atoms with E-state index in [2.05, 4.69) is 0 Å². The van der Waals surface area contributed by atoms with E-state index < -0.39 is 5.41 Å². The molecule has 0 aromatic carbocycles. The fraction of sp³-hybridized carbons (Fsp3) is 0.867. The number of nitrogens with zero attached hydrogens (tertiary/aromatic N) is 1. The van der Waals surface area contributed by atoms with Gasteiger partial charge in [0.15, 0.2) is 0 Å². The lowest BCUT2D eigenvalue weighted by molar-refractivity contribution is -0.140. The zero-order chi connectivity index (χ0) is 14.6. The second-order valence-electron chi connectivity index (χ2n) is 6.28. The van der Waals surface area contributed by atoms with Crippen molar-refractivity contribution in [3.05, 3.63) is 0 Å². The van der Waals surface area contributed by atoms with Gasteiger partial charge in [-0.2, -0.15) is 0 Å². The van der Waals surface area contributed by atoms with Gasteiger partial charge in [-0.15, -0.1) is 0 Å². The smallest absolute Gasteiger partial charge is 0.235 e. The molecule has 114 valence electrons. The van der Waals surface area contributed by atoms with Gasteiger partial charge in [0.05, 0.1) is 10.4 Å². The quantitative estimate of drug-likeness (QED) is 0.616. The summed E-state index contributed by atoms with van der Waals surface area (Å²) < 4.78 is 0. The number of piperidine rings is 1. The van der Waals surface area contributed by atoms with Crippen molar-refractivity contribution in [2.75, 3.05) is 19.7 Å². The first kappa shape index (κ1) is 15.7. The molecule has 0 atom stereocenters. The summed E-state index contributed by atoms with van der Waals surface area (Å²) in [6.07, 6.45) is 7.80. The van der Waals surface area contributed by atoms with E-state index >= 15 is 0 Å². The van der Waals surface area contributed by atoms with Crippen molar-refractivity contribution < 1.29 is 9.90 Å². The van der Waals surface area contributed by atoms with Crippen molar-refractivity contribution in [2.24, 2.45) is 17.1 Å². The van der Waals surface area contributed by atoms with Crippen LogP contribution in [0.4, 0.5) is 0 Å². The summed E-state index contributed by atoms with van der Waals surface area (Å²) in [6.45, 7) is 1.69. The third kappa shape index (κ3) is 3.14. The Bertz CT molecular complexity index is 357. The van der Waals surface area contributed by atoms with Crippen molar-refractivity contribution >= 4 is 23.1 Å². The zero-order valence-electron chi connectivity index (χ0n) is 12.1. The Hall–Kier alpha value is -0.680. The van der Waals surface area contributed by atoms with Crippen LogP contribution in [0.25, 0.3) is 0 Å². The normalized spacial score (nSPS) is 24.1. The van der Waals surface area contributed by atoms with Gasteiger partial charge in [0.2, 0.25) is 5.91 Å². The Kier molecular flexibility index (Phi) is 5.38. The van der Waals surface area contributed by atoms with Crippen LogP contribution in [0.2, 0.25) is 0 Å². The lowest BCUT2D eigenvalue weighted by Gasteiger charge is -2.39. The van der Waals surface area contributed by atoms with Crippen molar-refractivity contribution in [2.45, 2.75) is 51.4 Å². The summed E-state index contributed by atoms with van der Waals surface area (Å²) in [5.41, 5.74) is 5.38. The number of aliphatic hydroxyl groups is 1. The zero-order valence-corrected chi connectivity index (χ0v) is 13.0. The highest BCUT2D eigenvalue weighted by Gasteiger charge is 2.44. The number of carbonyl (C=O) groups excluding carboxylic acids is 1. The largest absolute Gasteiger partial charge is 0.396 e. The number of hydrogen-bond donors (Lipinski definition) is 2. The first-order valence-corrected chi connectivity index (χ1v) is 8.21. The maximum Gasteiger partial charge on any atom is 0.235 e. The lowest BCUT2D eigenvalue weighted by Crippen LogP contribution is -2.52. The van der Waals surface area contributed by atoms with Gasteiger partial charge < -0.3 is 15.7 Å². The van der Waals surface area contributed by atoms with Gasteiger partial charge in [0.25, 0.3) is 0 Å². The van der Waals surface area contributed by atoms with E-state index in [9.17, 15) is 9.90 Å². The van der Waals surface area contributed by atoms with Crippen LogP contribution in [0.1, 0.15) is 51.4 Å². The molecule has 0 aromatic rings. The predicted octanol–water partition coefficient (Wildman–Crippen LogP) is 1.84. The van der Waals surface area contributed by atoms with E-state index in [0.717, 1.165) is 51.6 Å². The minimum Gasteiger partial charge on any atom is -0.396 e. The highest BCUT2D eigenvalue weighted by Crippen LogP contribution is 2.38. The molecule has 0 radical (unpaired) electrons. The predicted molar refractivity (Wildman–Crippen MR) is 83.3 cm³/mol. The number of likely N-dealkylation sites (tertiary alicyclic amines) is 1. The number of aliphatic hydroxyl groups excluding tert-OH is 1. The second-order valence-corrected chi connectivity index (χ2v) is 6.72. The van der Waals surface area contributed by atoms with Crippen LogP contribution < -0.4 is 5.73 Å². The maximum absolute atomic E-state index is 13.0. The third-order valence-electron chi connectivity index (χ3n) is 5.00. The Morgan fingerprint density at radius 2 is 1.75 bits per heavy atom. The molecule has 1 saturated carbocycles. The number of rotatable bonds is 3. The van der Waals surface area contributed by atoms with Crippen molar-refractivity contribution in [3.8, 4) is 0 Å². The topological polar surface area (TPSA) is 66.6 Å². The minimum atomic E-state index is -0.599. The van der Waals surface area contributed by atoms with Crippen LogP contribution in [-0.4, -0.2) is 40.6 Å². The molecule has 2 fully saturated rings. The standard InChI is InChI=1S/C15H26N2O2S/c16-13(20)15(7-3-1-2-4-8-15)14(19)17-9-5-12(11-18)6-10-17/h12,18H,1-11H2,(H2,16,20). The van der Waals surface area contributed by atoms with Crippen LogP contribution in [0, 0.1) is 11.3 Å². The SMILES string of the molecule is NC(=S)C1(C(=O)N2CCC(CO)CC2)CCCCCC1. The van der Waals surface area contributed by atoms with Crippen LogP contribution in [0.5, 0.6) is 0 Å². The molecule has 0 spiro atoms. The lowest BCUT2D eigenvalue weighted by atomic mass is 9.78. The first-order chi connectivity index (χ1) is 9.60. The summed E-state index contributed by atoms with van der Waals surface area (Å²) in [7, 11) is 0. The van der Waals surface area contributed by atoms with Crippen molar-refractivity contribution in [1.29, 1.82) is 0 Å². The molecule has 20 heavy (non-hydrogen) atoms. The Morgan fingerprint density at radius 1 is 1.20 bits per heavy atom. The molecule has 1 heterocycles. The Labute approximate surface area is 126 Å². The molecule has 1 aliphatic heterocycles. The Morgan fingerprint density at radius 3 is 2.20 bits per heavy atom. The van der Waals surface area contributed by atoms with Gasteiger partial charge in [-0.25, -0.2) is 0 Å². The Balaban J connectivity index is 2.09. The number of carbonyl (C=O) groups is 1.